The Labute approximate surface area is 173 Å². The highest BCUT2D eigenvalue weighted by Crippen LogP contribution is 2.42. The van der Waals surface area contributed by atoms with Gasteiger partial charge in [0.25, 0.3) is 0 Å². The molecule has 0 fully saturated rings. The minimum absolute atomic E-state index is 0.223. The summed E-state index contributed by atoms with van der Waals surface area (Å²) in [6.45, 7) is 0. The van der Waals surface area contributed by atoms with Crippen molar-refractivity contribution in [1.82, 2.24) is 14.8 Å². The van der Waals surface area contributed by atoms with E-state index < -0.39 is 0 Å². The van der Waals surface area contributed by atoms with Crippen molar-refractivity contribution >= 4 is 23.5 Å². The fraction of sp³-hybridized carbons (Fsp3) is 0.227. The third-order valence-electron chi connectivity index (χ3n) is 5.25. The van der Waals surface area contributed by atoms with Crippen LogP contribution in [0.1, 0.15) is 24.4 Å². The maximum Gasteiger partial charge on any atom is 0.227 e. The van der Waals surface area contributed by atoms with Gasteiger partial charge in [-0.2, -0.15) is 4.98 Å². The smallest absolute Gasteiger partial charge is 0.227 e. The highest BCUT2D eigenvalue weighted by atomic mass is 32.2. The SMILES string of the molecule is CSc1nc2n(n1)[C@@H](c1cccc(Oc3ccccc3)c1)[C@@H]1C(=O)CCC=C1N2. The fourth-order valence-corrected chi connectivity index (χ4v) is 4.31. The molecular formula is C22H20N4O2S. The van der Waals surface area contributed by atoms with Gasteiger partial charge in [0, 0.05) is 12.1 Å². The molecule has 0 saturated heterocycles. The summed E-state index contributed by atoms with van der Waals surface area (Å²) in [7, 11) is 0. The monoisotopic (exact) mass is 404 g/mol. The van der Waals surface area contributed by atoms with Crippen LogP contribution in [0.15, 0.2) is 71.5 Å². The molecule has 2 aliphatic rings. The van der Waals surface area contributed by atoms with Gasteiger partial charge in [0.15, 0.2) is 0 Å². The zero-order valence-corrected chi connectivity index (χ0v) is 16.7. The third kappa shape index (κ3) is 3.31. The Bertz CT molecular complexity index is 1090. The second kappa shape index (κ2) is 7.40. The Morgan fingerprint density at radius 3 is 2.79 bits per heavy atom. The molecule has 2 atom stereocenters. The molecule has 1 aromatic heterocycles. The number of ether oxygens (including phenoxy) is 1. The van der Waals surface area contributed by atoms with Crippen molar-refractivity contribution in [3.8, 4) is 11.5 Å². The summed E-state index contributed by atoms with van der Waals surface area (Å²) in [4.78, 5) is 17.5. The second-order valence-corrected chi connectivity index (χ2v) is 7.84. The number of ketones is 1. The Hall–Kier alpha value is -3.06. The molecule has 0 saturated carbocycles. The van der Waals surface area contributed by atoms with Gasteiger partial charge in [-0.25, -0.2) is 4.68 Å². The lowest BCUT2D eigenvalue weighted by Gasteiger charge is -2.36. The lowest BCUT2D eigenvalue weighted by Crippen LogP contribution is -2.38. The molecule has 3 aromatic rings. The van der Waals surface area contributed by atoms with E-state index in [4.69, 9.17) is 4.74 Å². The number of para-hydroxylation sites is 1. The number of allylic oxidation sites excluding steroid dienone is 2. The van der Waals surface area contributed by atoms with Crippen LogP contribution < -0.4 is 10.1 Å². The first-order valence-electron chi connectivity index (χ1n) is 9.56. The van der Waals surface area contributed by atoms with Gasteiger partial charge < -0.3 is 10.1 Å². The summed E-state index contributed by atoms with van der Waals surface area (Å²) in [6.07, 6.45) is 5.36. The molecule has 6 nitrogen and oxygen atoms in total. The van der Waals surface area contributed by atoms with Gasteiger partial charge in [0.2, 0.25) is 11.1 Å². The second-order valence-electron chi connectivity index (χ2n) is 7.07. The molecule has 1 aliphatic carbocycles. The van der Waals surface area contributed by atoms with E-state index in [1.165, 1.54) is 11.8 Å². The van der Waals surface area contributed by atoms with E-state index in [9.17, 15) is 4.79 Å². The number of anilines is 1. The number of hydrogen-bond acceptors (Lipinski definition) is 6. The number of nitrogens with zero attached hydrogens (tertiary/aromatic N) is 3. The van der Waals surface area contributed by atoms with E-state index in [0.29, 0.717) is 17.5 Å². The molecule has 0 bridgehead atoms. The minimum atomic E-state index is -0.292. The quantitative estimate of drug-likeness (QED) is 0.637. The first-order valence-corrected chi connectivity index (χ1v) is 10.8. The van der Waals surface area contributed by atoms with Gasteiger partial charge in [-0.15, -0.1) is 5.10 Å². The highest BCUT2D eigenvalue weighted by molar-refractivity contribution is 7.98. The number of benzene rings is 2. The molecule has 0 unspecified atom stereocenters. The number of nitrogens with one attached hydrogen (secondary N) is 1. The van der Waals surface area contributed by atoms with Crippen LogP contribution in [0.3, 0.4) is 0 Å². The first-order chi connectivity index (χ1) is 14.2. The molecule has 146 valence electrons. The molecular weight excluding hydrogens is 384 g/mol. The Kier molecular flexibility index (Phi) is 4.60. The number of carbonyl (C=O) groups excluding carboxylic acids is 1. The normalized spacial score (nSPS) is 20.3. The van der Waals surface area contributed by atoms with Crippen molar-refractivity contribution in [1.29, 1.82) is 0 Å². The van der Waals surface area contributed by atoms with Crippen LogP contribution in [0.2, 0.25) is 0 Å². The zero-order chi connectivity index (χ0) is 19.8. The Morgan fingerprint density at radius 1 is 1.14 bits per heavy atom. The zero-order valence-electron chi connectivity index (χ0n) is 15.9. The van der Waals surface area contributed by atoms with Crippen LogP contribution in [0.4, 0.5) is 5.95 Å². The molecule has 0 spiro atoms. The lowest BCUT2D eigenvalue weighted by molar-refractivity contribution is -0.123. The number of fused-ring (bicyclic) bond motifs is 2. The molecule has 0 radical (unpaired) electrons. The van der Waals surface area contributed by atoms with Crippen LogP contribution in [-0.4, -0.2) is 26.8 Å². The molecule has 29 heavy (non-hydrogen) atoms. The van der Waals surface area contributed by atoms with Gasteiger partial charge in [-0.05, 0) is 42.5 Å². The van der Waals surface area contributed by atoms with E-state index in [1.54, 1.807) is 0 Å². The van der Waals surface area contributed by atoms with Crippen molar-refractivity contribution in [2.45, 2.75) is 24.0 Å². The number of rotatable bonds is 4. The van der Waals surface area contributed by atoms with E-state index in [1.807, 2.05) is 65.5 Å². The van der Waals surface area contributed by atoms with E-state index in [2.05, 4.69) is 21.5 Å². The van der Waals surface area contributed by atoms with Crippen LogP contribution in [0.25, 0.3) is 0 Å². The van der Waals surface area contributed by atoms with Gasteiger partial charge in [-0.1, -0.05) is 48.2 Å². The third-order valence-corrected chi connectivity index (χ3v) is 5.78. The summed E-state index contributed by atoms with van der Waals surface area (Å²) < 4.78 is 7.87. The van der Waals surface area contributed by atoms with Gasteiger partial charge in [0.05, 0.1) is 12.0 Å². The Morgan fingerprint density at radius 2 is 1.97 bits per heavy atom. The fourth-order valence-electron chi connectivity index (χ4n) is 3.96. The average molecular weight is 404 g/mol. The average Bonchev–Trinajstić information content (AvgIpc) is 3.16. The first kappa shape index (κ1) is 18.0. The van der Waals surface area contributed by atoms with Crippen LogP contribution >= 0.6 is 11.8 Å². The van der Waals surface area contributed by atoms with E-state index in [0.717, 1.165) is 29.2 Å². The van der Waals surface area contributed by atoms with Gasteiger partial charge >= 0.3 is 0 Å². The molecule has 2 heterocycles. The summed E-state index contributed by atoms with van der Waals surface area (Å²) in [5.74, 6) is 2.11. The van der Waals surface area contributed by atoms with Crippen molar-refractivity contribution in [3.05, 3.63) is 71.9 Å². The van der Waals surface area contributed by atoms with Crippen molar-refractivity contribution in [2.24, 2.45) is 5.92 Å². The molecule has 1 N–H and O–H groups in total. The molecule has 2 aromatic carbocycles. The number of thioether (sulfide) groups is 1. The summed E-state index contributed by atoms with van der Waals surface area (Å²) in [5, 5.41) is 8.66. The van der Waals surface area contributed by atoms with Crippen LogP contribution in [0.5, 0.6) is 11.5 Å². The maximum atomic E-state index is 12.9. The Balaban J connectivity index is 1.58. The topological polar surface area (TPSA) is 69.0 Å². The predicted molar refractivity (Wildman–Crippen MR) is 112 cm³/mol. The van der Waals surface area contributed by atoms with Crippen LogP contribution in [-0.2, 0) is 4.79 Å². The largest absolute Gasteiger partial charge is 0.457 e. The maximum absolute atomic E-state index is 12.9. The molecule has 7 heteroatoms. The van der Waals surface area contributed by atoms with Crippen molar-refractivity contribution in [2.75, 3.05) is 11.6 Å². The standard InChI is InChI=1S/C22H20N4O2S/c1-29-22-24-21-23-17-11-6-12-18(27)19(17)20(26(21)25-22)14-7-5-10-16(13-14)28-15-8-3-2-4-9-15/h2-5,7-11,13,19-20H,6,12H2,1H3,(H,23,24,25)/t19-,20-/m0/s1. The molecule has 0 amide bonds. The number of aromatic nitrogens is 3. The summed E-state index contributed by atoms with van der Waals surface area (Å²) >= 11 is 1.49. The summed E-state index contributed by atoms with van der Waals surface area (Å²) in [6, 6.07) is 17.3. The number of Topliss-reactive ketones (excluding diaryl/α,β-unsaturated/α-hetero) is 1. The molecule has 1 aliphatic heterocycles. The van der Waals surface area contributed by atoms with E-state index >= 15 is 0 Å². The lowest BCUT2D eigenvalue weighted by atomic mass is 9.81. The summed E-state index contributed by atoms with van der Waals surface area (Å²) in [5.41, 5.74) is 1.90. The predicted octanol–water partition coefficient (Wildman–Crippen LogP) is 4.67. The number of hydrogen-bond donors (Lipinski definition) is 1. The van der Waals surface area contributed by atoms with E-state index in [-0.39, 0.29) is 17.7 Å². The molecule has 5 rings (SSSR count). The van der Waals surface area contributed by atoms with Gasteiger partial charge in [-0.3, -0.25) is 4.79 Å². The number of carbonyl (C=O) groups is 1. The van der Waals surface area contributed by atoms with Crippen molar-refractivity contribution in [3.63, 3.8) is 0 Å². The highest BCUT2D eigenvalue weighted by Gasteiger charge is 2.41. The van der Waals surface area contributed by atoms with Crippen molar-refractivity contribution < 1.29 is 9.53 Å². The van der Waals surface area contributed by atoms with Crippen LogP contribution in [0, 0.1) is 5.92 Å². The van der Waals surface area contributed by atoms with Gasteiger partial charge in [0.1, 0.15) is 17.3 Å². The minimum Gasteiger partial charge on any atom is -0.457 e.